The van der Waals surface area contributed by atoms with Crippen LogP contribution in [0, 0.1) is 11.8 Å². The first-order valence-electron chi connectivity index (χ1n) is 7.55. The Balaban J connectivity index is 1.46. The lowest BCUT2D eigenvalue weighted by Crippen LogP contribution is -2.39. The van der Waals surface area contributed by atoms with E-state index in [1.807, 2.05) is 16.3 Å². The van der Waals surface area contributed by atoms with Gasteiger partial charge in [0.2, 0.25) is 0 Å². The summed E-state index contributed by atoms with van der Waals surface area (Å²) in [4.78, 5) is 15.3. The molecule has 0 unspecified atom stereocenters. The molecule has 0 bridgehead atoms. The molecule has 1 aliphatic heterocycles. The van der Waals surface area contributed by atoms with Crippen LogP contribution in [0.4, 0.5) is 4.79 Å². The molecule has 1 aromatic heterocycles. The second-order valence-corrected chi connectivity index (χ2v) is 7.12. The zero-order valence-electron chi connectivity index (χ0n) is 11.9. The molecular formula is C15H22N2O3S. The number of hydrogen-bond acceptors (Lipinski definition) is 4. The molecule has 1 aliphatic carbocycles. The Morgan fingerprint density at radius 2 is 1.95 bits per heavy atom. The predicted octanol–water partition coefficient (Wildman–Crippen LogP) is 1.06. The van der Waals surface area contributed by atoms with E-state index in [2.05, 4.69) is 11.4 Å². The van der Waals surface area contributed by atoms with Gasteiger partial charge in [0.15, 0.2) is 0 Å². The van der Waals surface area contributed by atoms with Crippen molar-refractivity contribution < 1.29 is 15.0 Å². The van der Waals surface area contributed by atoms with Crippen molar-refractivity contribution >= 4 is 17.4 Å². The van der Waals surface area contributed by atoms with Gasteiger partial charge in [0, 0.05) is 24.5 Å². The van der Waals surface area contributed by atoms with Crippen molar-refractivity contribution in [1.82, 2.24) is 10.2 Å². The summed E-state index contributed by atoms with van der Waals surface area (Å²) in [5.74, 6) is 0.651. The van der Waals surface area contributed by atoms with Crippen molar-refractivity contribution in [2.24, 2.45) is 11.8 Å². The smallest absolute Gasteiger partial charge is 0.317 e. The number of likely N-dealkylation sites (tertiary alicyclic amines) is 1. The minimum atomic E-state index is -0.631. The first-order chi connectivity index (χ1) is 10.1. The first-order valence-corrected chi connectivity index (χ1v) is 8.42. The van der Waals surface area contributed by atoms with Gasteiger partial charge in [-0.3, -0.25) is 0 Å². The highest BCUT2D eigenvalue weighted by Gasteiger charge is 2.42. The van der Waals surface area contributed by atoms with Crippen LogP contribution in [0.1, 0.15) is 17.7 Å². The molecule has 2 fully saturated rings. The van der Waals surface area contributed by atoms with E-state index in [-0.39, 0.29) is 6.03 Å². The lowest BCUT2D eigenvalue weighted by atomic mass is 9.79. The summed E-state index contributed by atoms with van der Waals surface area (Å²) in [5.41, 5.74) is 0. The topological polar surface area (TPSA) is 72.8 Å². The quantitative estimate of drug-likeness (QED) is 0.782. The Bertz CT molecular complexity index is 461. The minimum absolute atomic E-state index is 0.0232. The van der Waals surface area contributed by atoms with E-state index >= 15 is 0 Å². The van der Waals surface area contributed by atoms with Crippen molar-refractivity contribution in [3.63, 3.8) is 0 Å². The summed E-state index contributed by atoms with van der Waals surface area (Å²) in [5, 5.41) is 24.5. The van der Waals surface area contributed by atoms with Crippen LogP contribution >= 0.6 is 11.3 Å². The molecule has 2 amide bonds. The molecule has 116 valence electrons. The van der Waals surface area contributed by atoms with Crippen LogP contribution in [0.5, 0.6) is 0 Å². The third-order valence-corrected chi connectivity index (χ3v) is 5.56. The maximum atomic E-state index is 12.2. The summed E-state index contributed by atoms with van der Waals surface area (Å²) in [6.45, 7) is 2.04. The number of amides is 2. The van der Waals surface area contributed by atoms with Gasteiger partial charge in [0.05, 0.1) is 12.2 Å². The van der Waals surface area contributed by atoms with Gasteiger partial charge in [-0.15, -0.1) is 11.3 Å². The lowest BCUT2D eigenvalue weighted by Gasteiger charge is -2.31. The number of hydrogen-bond donors (Lipinski definition) is 3. The normalized spacial score (nSPS) is 32.0. The van der Waals surface area contributed by atoms with Crippen LogP contribution in [0.3, 0.4) is 0 Å². The molecule has 0 aromatic carbocycles. The summed E-state index contributed by atoms with van der Waals surface area (Å²) >= 11 is 1.70. The molecule has 2 heterocycles. The monoisotopic (exact) mass is 310 g/mol. The standard InChI is InChI=1S/C15H22N2O3S/c18-13-6-10-8-17(9-11(10)7-14(13)19)15(20)16-4-3-12-2-1-5-21-12/h1-2,5,10-11,13-14,18-19H,3-4,6-9H2,(H,16,20)/t10-,11+,13-,14-/m1/s1. The van der Waals surface area contributed by atoms with Gasteiger partial charge >= 0.3 is 6.03 Å². The van der Waals surface area contributed by atoms with Gasteiger partial charge in [-0.25, -0.2) is 4.79 Å². The third kappa shape index (κ3) is 3.39. The van der Waals surface area contributed by atoms with Crippen LogP contribution in [-0.2, 0) is 6.42 Å². The van der Waals surface area contributed by atoms with Gasteiger partial charge < -0.3 is 20.4 Å². The fourth-order valence-corrected chi connectivity index (χ4v) is 4.14. The van der Waals surface area contributed by atoms with Crippen LogP contribution in [0.15, 0.2) is 17.5 Å². The molecule has 2 aliphatic rings. The number of rotatable bonds is 3. The molecule has 1 saturated carbocycles. The maximum absolute atomic E-state index is 12.2. The predicted molar refractivity (Wildman–Crippen MR) is 81.2 cm³/mol. The molecule has 4 atom stereocenters. The van der Waals surface area contributed by atoms with Crippen molar-refractivity contribution in [2.75, 3.05) is 19.6 Å². The van der Waals surface area contributed by atoms with Crippen molar-refractivity contribution in [1.29, 1.82) is 0 Å². The Morgan fingerprint density at radius 3 is 2.52 bits per heavy atom. The lowest BCUT2D eigenvalue weighted by molar-refractivity contribution is -0.0372. The highest BCUT2D eigenvalue weighted by atomic mass is 32.1. The summed E-state index contributed by atoms with van der Waals surface area (Å²) in [6, 6.07) is 4.07. The Hall–Kier alpha value is -1.11. The van der Waals surface area contributed by atoms with Crippen LogP contribution in [-0.4, -0.2) is 53.0 Å². The fourth-order valence-electron chi connectivity index (χ4n) is 3.43. The van der Waals surface area contributed by atoms with Crippen LogP contribution in [0.25, 0.3) is 0 Å². The van der Waals surface area contributed by atoms with Gasteiger partial charge in [0.1, 0.15) is 0 Å². The Kier molecular flexibility index (Phi) is 4.47. The molecule has 3 N–H and O–H groups in total. The molecule has 3 rings (SSSR count). The van der Waals surface area contributed by atoms with Crippen molar-refractivity contribution in [3.8, 4) is 0 Å². The van der Waals surface area contributed by atoms with Gasteiger partial charge in [-0.1, -0.05) is 6.07 Å². The van der Waals surface area contributed by atoms with E-state index in [9.17, 15) is 15.0 Å². The Morgan fingerprint density at radius 1 is 1.29 bits per heavy atom. The molecule has 1 saturated heterocycles. The van der Waals surface area contributed by atoms with Gasteiger partial charge in [-0.2, -0.15) is 0 Å². The van der Waals surface area contributed by atoms with Crippen LogP contribution in [0.2, 0.25) is 0 Å². The van der Waals surface area contributed by atoms with E-state index in [4.69, 9.17) is 0 Å². The van der Waals surface area contributed by atoms with E-state index in [0.717, 1.165) is 6.42 Å². The van der Waals surface area contributed by atoms with Gasteiger partial charge in [-0.05, 0) is 42.5 Å². The highest BCUT2D eigenvalue weighted by Crippen LogP contribution is 2.36. The number of carbonyl (C=O) groups is 1. The van der Waals surface area contributed by atoms with Crippen LogP contribution < -0.4 is 5.32 Å². The van der Waals surface area contributed by atoms with E-state index in [1.54, 1.807) is 11.3 Å². The van der Waals surface area contributed by atoms with Crippen molar-refractivity contribution in [2.45, 2.75) is 31.5 Å². The summed E-state index contributed by atoms with van der Waals surface area (Å²) < 4.78 is 0. The SMILES string of the molecule is O=C(NCCc1cccs1)N1C[C@H]2C[C@@H](O)[C@H](O)C[C@H]2C1. The zero-order valence-corrected chi connectivity index (χ0v) is 12.8. The van der Waals surface area contributed by atoms with E-state index in [1.165, 1.54) is 4.88 Å². The minimum Gasteiger partial charge on any atom is -0.390 e. The number of aliphatic hydroxyl groups excluding tert-OH is 2. The Labute approximate surface area is 128 Å². The summed E-state index contributed by atoms with van der Waals surface area (Å²) in [7, 11) is 0. The number of nitrogens with one attached hydrogen (secondary N) is 1. The van der Waals surface area contributed by atoms with E-state index in [0.29, 0.717) is 44.3 Å². The number of thiophene rings is 1. The molecule has 21 heavy (non-hydrogen) atoms. The number of fused-ring (bicyclic) bond motifs is 1. The molecule has 1 aromatic rings. The van der Waals surface area contributed by atoms with Crippen molar-refractivity contribution in [3.05, 3.63) is 22.4 Å². The largest absolute Gasteiger partial charge is 0.390 e. The fraction of sp³-hybridized carbons (Fsp3) is 0.667. The second kappa shape index (κ2) is 6.34. The average molecular weight is 310 g/mol. The molecule has 5 nitrogen and oxygen atoms in total. The number of aliphatic hydroxyl groups is 2. The zero-order chi connectivity index (χ0) is 14.8. The first kappa shape index (κ1) is 14.8. The molecule has 0 spiro atoms. The number of nitrogens with zero attached hydrogens (tertiary/aromatic N) is 1. The summed E-state index contributed by atoms with van der Waals surface area (Å²) in [6.07, 6.45) is 0.804. The second-order valence-electron chi connectivity index (χ2n) is 6.09. The number of urea groups is 1. The average Bonchev–Trinajstić information content (AvgIpc) is 3.08. The maximum Gasteiger partial charge on any atom is 0.317 e. The molecule has 0 radical (unpaired) electrons. The molecular weight excluding hydrogens is 288 g/mol. The van der Waals surface area contributed by atoms with Gasteiger partial charge in [0.25, 0.3) is 0 Å². The molecule has 6 heteroatoms. The number of carbonyl (C=O) groups excluding carboxylic acids is 1. The highest BCUT2D eigenvalue weighted by molar-refractivity contribution is 7.09. The van der Waals surface area contributed by atoms with E-state index < -0.39 is 12.2 Å². The third-order valence-electron chi connectivity index (χ3n) is 4.62.